The topological polar surface area (TPSA) is 90.9 Å². The first-order valence-electron chi connectivity index (χ1n) is 10.8. The van der Waals surface area contributed by atoms with Crippen LogP contribution in [0, 0.1) is 0 Å². The van der Waals surface area contributed by atoms with Crippen molar-refractivity contribution >= 4 is 33.1 Å². The van der Waals surface area contributed by atoms with E-state index in [0.717, 1.165) is 44.3 Å². The Labute approximate surface area is 183 Å². The Balaban J connectivity index is 1.43. The van der Waals surface area contributed by atoms with Crippen molar-refractivity contribution in [2.75, 3.05) is 29.9 Å². The number of rotatable bonds is 5. The Morgan fingerprint density at radius 3 is 2.77 bits per heavy atom. The number of fused-ring (bicyclic) bond motifs is 1. The van der Waals surface area contributed by atoms with Gasteiger partial charge in [0.2, 0.25) is 5.91 Å². The van der Waals surface area contributed by atoms with Gasteiger partial charge in [0.05, 0.1) is 11.4 Å². The summed E-state index contributed by atoms with van der Waals surface area (Å²) < 4.78 is 28.2. The maximum atomic E-state index is 12.8. The minimum Gasteiger partial charge on any atom is -0.362 e. The van der Waals surface area contributed by atoms with Crippen LogP contribution in [0.1, 0.15) is 37.7 Å². The molecule has 0 radical (unpaired) electrons. The van der Waals surface area contributed by atoms with Crippen LogP contribution in [0.4, 0.5) is 11.4 Å². The largest absolute Gasteiger partial charge is 0.362 e. The molecule has 0 unspecified atom stereocenters. The SMILES string of the molecule is O=C(CN1CCCc2ccccc21)Nc1cccc(S(=O)(=O)NC2=NCCCCC2)c1. The summed E-state index contributed by atoms with van der Waals surface area (Å²) in [7, 11) is -3.74. The smallest absolute Gasteiger partial charge is 0.262 e. The van der Waals surface area contributed by atoms with Gasteiger partial charge in [-0.1, -0.05) is 30.7 Å². The van der Waals surface area contributed by atoms with Crippen LogP contribution in [0.25, 0.3) is 0 Å². The van der Waals surface area contributed by atoms with Gasteiger partial charge in [-0.3, -0.25) is 14.5 Å². The Morgan fingerprint density at radius 1 is 1.00 bits per heavy atom. The molecule has 164 valence electrons. The molecule has 0 atom stereocenters. The zero-order valence-electron chi connectivity index (χ0n) is 17.5. The van der Waals surface area contributed by atoms with Crippen LogP contribution < -0.4 is 14.9 Å². The lowest BCUT2D eigenvalue weighted by atomic mass is 10.0. The fraction of sp³-hybridized carbons (Fsp3) is 0.391. The van der Waals surface area contributed by atoms with E-state index in [4.69, 9.17) is 0 Å². The number of amidine groups is 1. The quantitative estimate of drug-likeness (QED) is 0.746. The molecule has 0 aromatic heterocycles. The zero-order valence-corrected chi connectivity index (χ0v) is 18.3. The molecule has 0 saturated heterocycles. The third-order valence-electron chi connectivity index (χ3n) is 5.60. The first-order valence-corrected chi connectivity index (χ1v) is 12.3. The highest BCUT2D eigenvalue weighted by molar-refractivity contribution is 7.90. The first-order chi connectivity index (χ1) is 15.0. The van der Waals surface area contributed by atoms with Crippen LogP contribution in [0.2, 0.25) is 0 Å². The molecule has 0 bridgehead atoms. The number of carbonyl (C=O) groups is 1. The Morgan fingerprint density at radius 2 is 1.87 bits per heavy atom. The maximum Gasteiger partial charge on any atom is 0.262 e. The summed E-state index contributed by atoms with van der Waals surface area (Å²) in [5.74, 6) is 0.336. The number of aliphatic imine (C=N–C) groups is 1. The molecule has 1 amide bonds. The summed E-state index contributed by atoms with van der Waals surface area (Å²) in [6.07, 6.45) is 5.62. The van der Waals surface area contributed by atoms with Gasteiger partial charge in [0.25, 0.3) is 10.0 Å². The molecule has 0 saturated carbocycles. The summed E-state index contributed by atoms with van der Waals surface area (Å²) in [6.45, 7) is 1.70. The van der Waals surface area contributed by atoms with Crippen molar-refractivity contribution < 1.29 is 13.2 Å². The minimum absolute atomic E-state index is 0.112. The molecule has 2 aliphatic rings. The predicted octanol–water partition coefficient (Wildman–Crippen LogP) is 3.33. The second-order valence-electron chi connectivity index (χ2n) is 7.97. The normalized spacial score (nSPS) is 16.6. The Bertz CT molecular complexity index is 1080. The van der Waals surface area contributed by atoms with Gasteiger partial charge in [0.1, 0.15) is 5.84 Å². The van der Waals surface area contributed by atoms with Crippen molar-refractivity contribution in [3.8, 4) is 0 Å². The summed E-state index contributed by atoms with van der Waals surface area (Å²) in [6, 6.07) is 14.5. The molecule has 2 aliphatic heterocycles. The number of amides is 1. The number of nitrogens with zero attached hydrogens (tertiary/aromatic N) is 2. The van der Waals surface area contributed by atoms with E-state index in [1.807, 2.05) is 18.2 Å². The number of aryl methyl sites for hydroxylation is 1. The number of carbonyl (C=O) groups excluding carboxylic acids is 1. The molecular weight excluding hydrogens is 412 g/mol. The van der Waals surface area contributed by atoms with Gasteiger partial charge >= 0.3 is 0 Å². The lowest BCUT2D eigenvalue weighted by Gasteiger charge is -2.30. The lowest BCUT2D eigenvalue weighted by Crippen LogP contribution is -2.36. The van der Waals surface area contributed by atoms with Gasteiger partial charge in [-0.15, -0.1) is 0 Å². The molecule has 0 fully saturated rings. The number of sulfonamides is 1. The summed E-state index contributed by atoms with van der Waals surface area (Å²) in [5, 5.41) is 2.84. The molecular formula is C23H28N4O3S. The molecule has 2 heterocycles. The van der Waals surface area contributed by atoms with E-state index in [0.29, 0.717) is 24.5 Å². The Kier molecular flexibility index (Phi) is 6.56. The van der Waals surface area contributed by atoms with E-state index in [-0.39, 0.29) is 17.3 Å². The molecule has 8 heteroatoms. The number of nitrogens with one attached hydrogen (secondary N) is 2. The predicted molar refractivity (Wildman–Crippen MR) is 123 cm³/mol. The van der Waals surface area contributed by atoms with Gasteiger partial charge in [0.15, 0.2) is 0 Å². The molecule has 2 N–H and O–H groups in total. The maximum absolute atomic E-state index is 12.8. The average molecular weight is 441 g/mol. The van der Waals surface area contributed by atoms with Crippen LogP contribution in [0.5, 0.6) is 0 Å². The highest BCUT2D eigenvalue weighted by atomic mass is 32.2. The van der Waals surface area contributed by atoms with E-state index in [9.17, 15) is 13.2 Å². The van der Waals surface area contributed by atoms with Crippen LogP contribution >= 0.6 is 0 Å². The second kappa shape index (κ2) is 9.51. The average Bonchev–Trinajstić information content (AvgIpc) is 3.02. The van der Waals surface area contributed by atoms with Crippen LogP contribution in [0.15, 0.2) is 58.4 Å². The summed E-state index contributed by atoms with van der Waals surface area (Å²) >= 11 is 0. The van der Waals surface area contributed by atoms with Gasteiger partial charge in [0, 0.05) is 30.9 Å². The van der Waals surface area contributed by atoms with Crippen molar-refractivity contribution in [2.24, 2.45) is 4.99 Å². The third kappa shape index (κ3) is 5.44. The van der Waals surface area contributed by atoms with E-state index < -0.39 is 10.0 Å². The molecule has 4 rings (SSSR count). The van der Waals surface area contributed by atoms with E-state index >= 15 is 0 Å². The van der Waals surface area contributed by atoms with Crippen molar-refractivity contribution in [3.63, 3.8) is 0 Å². The van der Waals surface area contributed by atoms with Gasteiger partial charge in [-0.05, 0) is 55.5 Å². The standard InChI is InChI=1S/C23H28N4O3S/c28-23(17-27-15-7-9-18-8-3-4-12-21(18)27)25-19-10-6-11-20(16-19)31(29,30)26-22-13-2-1-5-14-24-22/h3-4,6,8,10-12,16H,1-2,5,7,9,13-15,17H2,(H,24,26)(H,25,28). The van der Waals surface area contributed by atoms with Crippen LogP contribution in [0.3, 0.4) is 0 Å². The number of benzene rings is 2. The fourth-order valence-electron chi connectivity index (χ4n) is 4.06. The third-order valence-corrected chi connectivity index (χ3v) is 6.97. The van der Waals surface area contributed by atoms with Gasteiger partial charge < -0.3 is 10.2 Å². The number of para-hydroxylation sites is 1. The highest BCUT2D eigenvalue weighted by Crippen LogP contribution is 2.26. The Hall–Kier alpha value is -2.87. The van der Waals surface area contributed by atoms with Gasteiger partial charge in [-0.2, -0.15) is 0 Å². The monoisotopic (exact) mass is 440 g/mol. The first kappa shape index (κ1) is 21.4. The number of hydrogen-bond donors (Lipinski definition) is 2. The molecule has 0 spiro atoms. The molecule has 0 aliphatic carbocycles. The molecule has 31 heavy (non-hydrogen) atoms. The van der Waals surface area contributed by atoms with E-state index in [1.165, 1.54) is 17.7 Å². The van der Waals surface area contributed by atoms with Crippen molar-refractivity contribution in [3.05, 3.63) is 54.1 Å². The minimum atomic E-state index is -3.74. The number of anilines is 2. The zero-order chi connectivity index (χ0) is 21.7. The molecule has 2 aromatic rings. The van der Waals surface area contributed by atoms with E-state index in [2.05, 4.69) is 26.0 Å². The van der Waals surface area contributed by atoms with E-state index in [1.54, 1.807) is 12.1 Å². The lowest BCUT2D eigenvalue weighted by molar-refractivity contribution is -0.115. The summed E-state index contributed by atoms with van der Waals surface area (Å²) in [4.78, 5) is 19.2. The van der Waals surface area contributed by atoms with Crippen molar-refractivity contribution in [2.45, 2.75) is 43.4 Å². The summed E-state index contributed by atoms with van der Waals surface area (Å²) in [5.41, 5.74) is 2.80. The molecule has 2 aromatic carbocycles. The van der Waals surface area contributed by atoms with Gasteiger partial charge in [-0.25, -0.2) is 8.42 Å². The number of hydrogen-bond acceptors (Lipinski definition) is 5. The second-order valence-corrected chi connectivity index (χ2v) is 9.66. The highest BCUT2D eigenvalue weighted by Gasteiger charge is 2.20. The van der Waals surface area contributed by atoms with Crippen molar-refractivity contribution in [1.29, 1.82) is 0 Å². The van der Waals surface area contributed by atoms with Crippen LogP contribution in [-0.2, 0) is 21.2 Å². The van der Waals surface area contributed by atoms with Crippen LogP contribution in [-0.4, -0.2) is 39.8 Å². The fourth-order valence-corrected chi connectivity index (χ4v) is 5.20. The van der Waals surface area contributed by atoms with Crippen molar-refractivity contribution in [1.82, 2.24) is 4.72 Å². The molecule has 7 nitrogen and oxygen atoms in total.